The van der Waals surface area contributed by atoms with Gasteiger partial charge in [0.15, 0.2) is 0 Å². The monoisotopic (exact) mass is 330 g/mol. The first kappa shape index (κ1) is 13.7. The van der Waals surface area contributed by atoms with E-state index in [2.05, 4.69) is 21.6 Å². The van der Waals surface area contributed by atoms with E-state index in [-0.39, 0.29) is 5.91 Å². The molecule has 0 spiro atoms. The number of aromatic nitrogens is 3. The standard InChI is InChI=1S/C15H14N4OS2/c1-9(20)19-3-2-13-10(7-19)4-14(22-13)12-8-21-15(18-12)11-5-16-17-6-11/h4-6,8H,2-3,7H2,1H3,(H,16,17). The Balaban J connectivity index is 1.63. The molecule has 0 saturated carbocycles. The van der Waals surface area contributed by atoms with E-state index in [1.165, 1.54) is 15.3 Å². The van der Waals surface area contributed by atoms with Crippen molar-refractivity contribution < 1.29 is 4.79 Å². The first-order valence-corrected chi connectivity index (χ1v) is 8.72. The number of thiophene rings is 1. The first-order chi connectivity index (χ1) is 10.7. The van der Waals surface area contributed by atoms with Crippen LogP contribution in [0.15, 0.2) is 23.8 Å². The van der Waals surface area contributed by atoms with E-state index in [0.29, 0.717) is 0 Å². The molecule has 0 saturated heterocycles. The molecule has 1 N–H and O–H groups in total. The van der Waals surface area contributed by atoms with Gasteiger partial charge in [-0.1, -0.05) is 0 Å². The lowest BCUT2D eigenvalue weighted by Crippen LogP contribution is -2.33. The Labute approximate surface area is 135 Å². The van der Waals surface area contributed by atoms with Crippen molar-refractivity contribution in [3.05, 3.63) is 34.3 Å². The van der Waals surface area contributed by atoms with Gasteiger partial charge in [-0.05, 0) is 18.1 Å². The van der Waals surface area contributed by atoms with E-state index < -0.39 is 0 Å². The lowest BCUT2D eigenvalue weighted by atomic mass is 10.1. The molecule has 0 bridgehead atoms. The van der Waals surface area contributed by atoms with Crippen LogP contribution >= 0.6 is 22.7 Å². The van der Waals surface area contributed by atoms with Gasteiger partial charge >= 0.3 is 0 Å². The zero-order chi connectivity index (χ0) is 15.1. The van der Waals surface area contributed by atoms with Crippen molar-refractivity contribution in [1.29, 1.82) is 0 Å². The van der Waals surface area contributed by atoms with Crippen LogP contribution in [0.3, 0.4) is 0 Å². The van der Waals surface area contributed by atoms with Crippen LogP contribution in [0, 0.1) is 0 Å². The number of carbonyl (C=O) groups excluding carboxylic acids is 1. The quantitative estimate of drug-likeness (QED) is 0.785. The average Bonchev–Trinajstić information content (AvgIpc) is 3.24. The lowest BCUT2D eigenvalue weighted by Gasteiger charge is -2.25. The van der Waals surface area contributed by atoms with E-state index in [1.54, 1.807) is 35.8 Å². The lowest BCUT2D eigenvalue weighted by molar-refractivity contribution is -0.129. The molecule has 1 amide bonds. The molecule has 3 aromatic rings. The Morgan fingerprint density at radius 3 is 3.14 bits per heavy atom. The summed E-state index contributed by atoms with van der Waals surface area (Å²) in [6, 6.07) is 2.18. The molecular weight excluding hydrogens is 316 g/mol. The van der Waals surface area contributed by atoms with Gasteiger partial charge in [-0.25, -0.2) is 4.98 Å². The van der Waals surface area contributed by atoms with Crippen LogP contribution in [0.4, 0.5) is 0 Å². The first-order valence-electron chi connectivity index (χ1n) is 7.03. The summed E-state index contributed by atoms with van der Waals surface area (Å²) < 4.78 is 0. The minimum atomic E-state index is 0.148. The predicted octanol–water partition coefficient (Wildman–Crippen LogP) is 3.17. The molecule has 112 valence electrons. The maximum atomic E-state index is 11.5. The molecule has 4 rings (SSSR count). The number of carbonyl (C=O) groups is 1. The average molecular weight is 330 g/mol. The van der Waals surface area contributed by atoms with Crippen LogP contribution in [0.2, 0.25) is 0 Å². The number of fused-ring (bicyclic) bond motifs is 1. The molecule has 1 aliphatic rings. The molecule has 0 fully saturated rings. The maximum absolute atomic E-state index is 11.5. The molecule has 4 heterocycles. The minimum absolute atomic E-state index is 0.148. The number of hydrogen-bond acceptors (Lipinski definition) is 5. The van der Waals surface area contributed by atoms with Crippen LogP contribution in [-0.2, 0) is 17.8 Å². The summed E-state index contributed by atoms with van der Waals surface area (Å²) in [6.07, 6.45) is 4.58. The van der Waals surface area contributed by atoms with Crippen LogP contribution in [0.5, 0.6) is 0 Å². The molecule has 22 heavy (non-hydrogen) atoms. The summed E-state index contributed by atoms with van der Waals surface area (Å²) in [5.41, 5.74) is 3.29. The summed E-state index contributed by atoms with van der Waals surface area (Å²) in [6.45, 7) is 3.18. The zero-order valence-corrected chi connectivity index (χ0v) is 13.6. The highest BCUT2D eigenvalue weighted by molar-refractivity contribution is 7.17. The highest BCUT2D eigenvalue weighted by Gasteiger charge is 2.21. The second-order valence-corrected chi connectivity index (χ2v) is 7.27. The Hall–Kier alpha value is -1.99. The topological polar surface area (TPSA) is 61.9 Å². The van der Waals surface area contributed by atoms with Gasteiger partial charge in [-0.2, -0.15) is 5.10 Å². The van der Waals surface area contributed by atoms with Crippen LogP contribution in [0.25, 0.3) is 21.1 Å². The number of amides is 1. The van der Waals surface area contributed by atoms with Gasteiger partial charge in [-0.15, -0.1) is 22.7 Å². The minimum Gasteiger partial charge on any atom is -0.338 e. The number of H-pyrrole nitrogens is 1. The van der Waals surface area contributed by atoms with Gasteiger partial charge in [0.2, 0.25) is 5.91 Å². The smallest absolute Gasteiger partial charge is 0.219 e. The summed E-state index contributed by atoms with van der Waals surface area (Å²) in [5.74, 6) is 0.148. The van der Waals surface area contributed by atoms with Crippen LogP contribution in [-0.4, -0.2) is 32.5 Å². The molecule has 0 atom stereocenters. The van der Waals surface area contributed by atoms with Gasteiger partial charge < -0.3 is 4.90 Å². The van der Waals surface area contributed by atoms with E-state index >= 15 is 0 Å². The van der Waals surface area contributed by atoms with Crippen molar-refractivity contribution in [3.63, 3.8) is 0 Å². The van der Waals surface area contributed by atoms with Gasteiger partial charge in [0.05, 0.1) is 16.8 Å². The number of nitrogens with zero attached hydrogens (tertiary/aromatic N) is 3. The van der Waals surface area contributed by atoms with Gasteiger partial charge in [0.1, 0.15) is 5.01 Å². The Morgan fingerprint density at radius 2 is 2.36 bits per heavy atom. The summed E-state index contributed by atoms with van der Waals surface area (Å²) in [7, 11) is 0. The molecule has 1 aliphatic heterocycles. The highest BCUT2D eigenvalue weighted by Crippen LogP contribution is 2.36. The number of nitrogens with one attached hydrogen (secondary N) is 1. The van der Waals surface area contributed by atoms with Gasteiger partial charge in [0.25, 0.3) is 0 Å². The second kappa shape index (κ2) is 5.33. The second-order valence-electron chi connectivity index (χ2n) is 5.27. The Kier molecular flexibility index (Phi) is 3.31. The van der Waals surface area contributed by atoms with Crippen molar-refractivity contribution in [1.82, 2.24) is 20.1 Å². The van der Waals surface area contributed by atoms with Crippen LogP contribution in [0.1, 0.15) is 17.4 Å². The third kappa shape index (κ3) is 2.36. The molecule has 7 heteroatoms. The van der Waals surface area contributed by atoms with E-state index in [9.17, 15) is 4.79 Å². The SMILES string of the molecule is CC(=O)N1CCc2sc(-c3csc(-c4cn[nH]c4)n3)cc2C1. The van der Waals surface area contributed by atoms with Crippen molar-refractivity contribution >= 4 is 28.6 Å². The number of thiazole rings is 1. The van der Waals surface area contributed by atoms with Gasteiger partial charge in [-0.3, -0.25) is 9.89 Å². The largest absolute Gasteiger partial charge is 0.338 e. The molecule has 0 radical (unpaired) electrons. The van der Waals surface area contributed by atoms with Crippen molar-refractivity contribution in [2.24, 2.45) is 0 Å². The fraction of sp³-hybridized carbons (Fsp3) is 0.267. The molecule has 0 unspecified atom stereocenters. The number of rotatable bonds is 2. The fourth-order valence-corrected chi connectivity index (χ4v) is 4.62. The highest BCUT2D eigenvalue weighted by atomic mass is 32.1. The number of hydrogen-bond donors (Lipinski definition) is 1. The Morgan fingerprint density at radius 1 is 1.45 bits per heavy atom. The van der Waals surface area contributed by atoms with E-state index in [1.807, 2.05) is 11.1 Å². The van der Waals surface area contributed by atoms with E-state index in [0.717, 1.165) is 35.8 Å². The fourth-order valence-electron chi connectivity index (χ4n) is 2.62. The summed E-state index contributed by atoms with van der Waals surface area (Å²) >= 11 is 3.42. The van der Waals surface area contributed by atoms with Crippen LogP contribution < -0.4 is 0 Å². The third-order valence-corrected chi connectivity index (χ3v) is 5.96. The van der Waals surface area contributed by atoms with E-state index in [4.69, 9.17) is 4.98 Å². The molecule has 3 aromatic heterocycles. The van der Waals surface area contributed by atoms with Crippen molar-refractivity contribution in [2.45, 2.75) is 19.9 Å². The molecule has 0 aliphatic carbocycles. The summed E-state index contributed by atoms with van der Waals surface area (Å²) in [4.78, 5) is 20.7. The normalized spacial score (nSPS) is 14.1. The summed E-state index contributed by atoms with van der Waals surface area (Å²) in [5, 5.41) is 9.84. The van der Waals surface area contributed by atoms with Crippen molar-refractivity contribution in [2.75, 3.05) is 6.54 Å². The molecule has 0 aromatic carbocycles. The maximum Gasteiger partial charge on any atom is 0.219 e. The molecule has 5 nitrogen and oxygen atoms in total. The van der Waals surface area contributed by atoms with Gasteiger partial charge in [0, 0.05) is 42.0 Å². The van der Waals surface area contributed by atoms with Crippen molar-refractivity contribution in [3.8, 4) is 21.1 Å². The third-order valence-electron chi connectivity index (χ3n) is 3.81. The number of aromatic amines is 1. The molecular formula is C15H14N4OS2. The zero-order valence-electron chi connectivity index (χ0n) is 12.0. The predicted molar refractivity (Wildman–Crippen MR) is 87.8 cm³/mol. The Bertz CT molecular complexity index is 819.